The van der Waals surface area contributed by atoms with Gasteiger partial charge >= 0.3 is 0 Å². The zero-order chi connectivity index (χ0) is 10.1. The Morgan fingerprint density at radius 2 is 2.08 bits per heavy atom. The molecule has 0 saturated carbocycles. The second-order valence-electron chi connectivity index (χ2n) is 3.14. The van der Waals surface area contributed by atoms with Crippen LogP contribution in [-0.2, 0) is 9.53 Å². The lowest BCUT2D eigenvalue weighted by molar-refractivity contribution is -0.116. The minimum atomic E-state index is 0.146. The van der Waals surface area contributed by atoms with Crippen LogP contribution >= 0.6 is 0 Å². The Balaban J connectivity index is 3.42. The highest BCUT2D eigenvalue weighted by Gasteiger charge is 1.94. The van der Waals surface area contributed by atoms with Crippen LogP contribution in [0.5, 0.6) is 0 Å². The first kappa shape index (κ1) is 12.2. The summed E-state index contributed by atoms with van der Waals surface area (Å²) in [6.45, 7) is 4.24. The van der Waals surface area contributed by atoms with E-state index >= 15 is 0 Å². The molecule has 3 nitrogen and oxygen atoms in total. The molecule has 1 N–H and O–H groups in total. The Hall–Kier alpha value is -0.830. The third kappa shape index (κ3) is 9.08. The van der Waals surface area contributed by atoms with Gasteiger partial charge in [-0.2, -0.15) is 0 Å². The summed E-state index contributed by atoms with van der Waals surface area (Å²) >= 11 is 0. The minimum absolute atomic E-state index is 0.146. The van der Waals surface area contributed by atoms with Gasteiger partial charge in [-0.05, 0) is 32.3 Å². The highest BCUT2D eigenvalue weighted by atomic mass is 16.5. The molecule has 0 saturated heterocycles. The average Bonchev–Trinajstić information content (AvgIpc) is 2.02. The summed E-state index contributed by atoms with van der Waals surface area (Å²) in [7, 11) is 0. The van der Waals surface area contributed by atoms with E-state index in [0.717, 1.165) is 18.4 Å². The molecule has 0 rings (SSSR count). The summed E-state index contributed by atoms with van der Waals surface area (Å²) in [6.07, 6.45) is 3.69. The van der Waals surface area contributed by atoms with Crippen molar-refractivity contribution in [2.75, 3.05) is 13.2 Å². The van der Waals surface area contributed by atoms with Gasteiger partial charge in [-0.15, -0.1) is 0 Å². The number of Topliss-reactive ketones (excluding diaryl/α,β-unsaturated/α-hetero) is 1. The van der Waals surface area contributed by atoms with Gasteiger partial charge in [0.25, 0.3) is 0 Å². The lowest BCUT2D eigenvalue weighted by atomic mass is 10.2. The Morgan fingerprint density at radius 3 is 2.62 bits per heavy atom. The Labute approximate surface area is 79.4 Å². The summed E-state index contributed by atoms with van der Waals surface area (Å²) in [5.41, 5.74) is 0.941. The molecule has 0 spiro atoms. The largest absolute Gasteiger partial charge is 0.501 e. The molecule has 0 unspecified atom stereocenters. The number of allylic oxidation sites excluding steroid dienone is 1. The van der Waals surface area contributed by atoms with Gasteiger partial charge in [0.2, 0.25) is 0 Å². The zero-order valence-electron chi connectivity index (χ0n) is 8.38. The summed E-state index contributed by atoms with van der Waals surface area (Å²) < 4.78 is 5.17. The SMILES string of the molecule is CC(=O)C/C(C)=C\OCCCCO. The van der Waals surface area contributed by atoms with Crippen molar-refractivity contribution in [1.29, 1.82) is 0 Å². The van der Waals surface area contributed by atoms with Crippen molar-refractivity contribution in [2.45, 2.75) is 33.1 Å². The van der Waals surface area contributed by atoms with Crippen molar-refractivity contribution in [3.63, 3.8) is 0 Å². The maximum absolute atomic E-state index is 10.7. The van der Waals surface area contributed by atoms with Crippen molar-refractivity contribution in [2.24, 2.45) is 0 Å². The predicted octanol–water partition coefficient (Wildman–Crippen LogP) is 1.66. The lowest BCUT2D eigenvalue weighted by Crippen LogP contribution is -1.94. The lowest BCUT2D eigenvalue weighted by Gasteiger charge is -2.01. The van der Waals surface area contributed by atoms with E-state index in [-0.39, 0.29) is 12.4 Å². The van der Waals surface area contributed by atoms with Crippen LogP contribution in [0.1, 0.15) is 33.1 Å². The van der Waals surface area contributed by atoms with E-state index in [1.54, 1.807) is 13.2 Å². The molecule has 3 heteroatoms. The molecule has 0 fully saturated rings. The van der Waals surface area contributed by atoms with Gasteiger partial charge in [-0.25, -0.2) is 0 Å². The first-order valence-electron chi connectivity index (χ1n) is 4.54. The molecule has 0 bridgehead atoms. The quantitative estimate of drug-likeness (QED) is 0.486. The van der Waals surface area contributed by atoms with Crippen molar-refractivity contribution in [1.82, 2.24) is 0 Å². The summed E-state index contributed by atoms with van der Waals surface area (Å²) in [5.74, 6) is 0.146. The Bertz CT molecular complexity index is 173. The molecule has 0 aromatic carbocycles. The summed E-state index contributed by atoms with van der Waals surface area (Å²) in [5, 5.41) is 8.48. The highest BCUT2D eigenvalue weighted by molar-refractivity contribution is 5.77. The second kappa shape index (κ2) is 7.80. The van der Waals surface area contributed by atoms with Gasteiger partial charge in [0, 0.05) is 13.0 Å². The molecule has 0 aliphatic rings. The van der Waals surface area contributed by atoms with Gasteiger partial charge in [-0.3, -0.25) is 4.79 Å². The molecule has 0 atom stereocenters. The van der Waals surface area contributed by atoms with Crippen molar-refractivity contribution in [3.8, 4) is 0 Å². The number of ether oxygens (including phenoxy) is 1. The van der Waals surface area contributed by atoms with Crippen LogP contribution < -0.4 is 0 Å². The van der Waals surface area contributed by atoms with E-state index in [4.69, 9.17) is 9.84 Å². The van der Waals surface area contributed by atoms with E-state index in [9.17, 15) is 4.79 Å². The summed E-state index contributed by atoms with van der Waals surface area (Å²) in [4.78, 5) is 10.7. The second-order valence-corrected chi connectivity index (χ2v) is 3.14. The number of carbonyl (C=O) groups excluding carboxylic acids is 1. The topological polar surface area (TPSA) is 46.5 Å². The maximum atomic E-state index is 10.7. The molecular weight excluding hydrogens is 168 g/mol. The fraction of sp³-hybridized carbons (Fsp3) is 0.700. The first-order valence-corrected chi connectivity index (χ1v) is 4.54. The van der Waals surface area contributed by atoms with Crippen LogP contribution in [0.2, 0.25) is 0 Å². The number of hydrogen-bond donors (Lipinski definition) is 1. The molecule has 0 aliphatic heterocycles. The normalized spacial score (nSPS) is 11.5. The average molecular weight is 186 g/mol. The predicted molar refractivity (Wildman–Crippen MR) is 51.3 cm³/mol. The Kier molecular flexibility index (Phi) is 7.30. The molecule has 0 radical (unpaired) electrons. The van der Waals surface area contributed by atoms with Crippen LogP contribution in [0.15, 0.2) is 11.8 Å². The number of hydrogen-bond acceptors (Lipinski definition) is 3. The van der Waals surface area contributed by atoms with E-state index in [1.807, 2.05) is 6.92 Å². The molecule has 0 aromatic heterocycles. The molecule has 0 heterocycles. The molecular formula is C10H18O3. The smallest absolute Gasteiger partial charge is 0.133 e. The van der Waals surface area contributed by atoms with Gasteiger partial charge in [0.15, 0.2) is 0 Å². The van der Waals surface area contributed by atoms with Gasteiger partial charge in [0.1, 0.15) is 5.78 Å². The third-order valence-corrected chi connectivity index (χ3v) is 1.48. The fourth-order valence-corrected chi connectivity index (χ4v) is 0.933. The van der Waals surface area contributed by atoms with Crippen LogP contribution in [0.4, 0.5) is 0 Å². The van der Waals surface area contributed by atoms with Crippen LogP contribution in [0.3, 0.4) is 0 Å². The molecule has 0 aliphatic carbocycles. The zero-order valence-corrected chi connectivity index (χ0v) is 8.38. The standard InChI is InChI=1S/C10H18O3/c1-9(7-10(2)12)8-13-6-4-3-5-11/h8,11H,3-7H2,1-2H3/b9-8-. The van der Waals surface area contributed by atoms with Crippen molar-refractivity contribution in [3.05, 3.63) is 11.8 Å². The maximum Gasteiger partial charge on any atom is 0.133 e. The van der Waals surface area contributed by atoms with Crippen molar-refractivity contribution < 1.29 is 14.6 Å². The van der Waals surface area contributed by atoms with E-state index in [1.165, 1.54) is 0 Å². The first-order chi connectivity index (χ1) is 6.16. The van der Waals surface area contributed by atoms with E-state index < -0.39 is 0 Å². The van der Waals surface area contributed by atoms with E-state index in [2.05, 4.69) is 0 Å². The van der Waals surface area contributed by atoms with E-state index in [0.29, 0.717) is 13.0 Å². The molecule has 76 valence electrons. The third-order valence-electron chi connectivity index (χ3n) is 1.48. The number of rotatable bonds is 7. The highest BCUT2D eigenvalue weighted by Crippen LogP contribution is 2.01. The van der Waals surface area contributed by atoms with Crippen LogP contribution in [0, 0.1) is 0 Å². The number of carbonyl (C=O) groups is 1. The van der Waals surface area contributed by atoms with Gasteiger partial charge in [0.05, 0.1) is 12.9 Å². The monoisotopic (exact) mass is 186 g/mol. The number of aliphatic hydroxyl groups is 1. The van der Waals surface area contributed by atoms with Gasteiger partial charge < -0.3 is 9.84 Å². The fourth-order valence-electron chi connectivity index (χ4n) is 0.933. The minimum Gasteiger partial charge on any atom is -0.501 e. The van der Waals surface area contributed by atoms with Crippen molar-refractivity contribution >= 4 is 5.78 Å². The summed E-state index contributed by atoms with van der Waals surface area (Å²) in [6, 6.07) is 0. The van der Waals surface area contributed by atoms with Gasteiger partial charge in [-0.1, -0.05) is 0 Å². The van der Waals surface area contributed by atoms with Crippen LogP contribution in [0.25, 0.3) is 0 Å². The van der Waals surface area contributed by atoms with Crippen LogP contribution in [-0.4, -0.2) is 24.1 Å². The Morgan fingerprint density at radius 1 is 1.38 bits per heavy atom. The molecule has 13 heavy (non-hydrogen) atoms. The molecule has 0 amide bonds. The number of aliphatic hydroxyl groups excluding tert-OH is 1. The molecule has 0 aromatic rings. The number of ketones is 1. The number of unbranched alkanes of at least 4 members (excludes halogenated alkanes) is 1.